The molecule has 0 saturated heterocycles. The Kier molecular flexibility index (Phi) is 8.61. The molecule has 4 fully saturated rings. The third-order valence-electron chi connectivity index (χ3n) is 7.14. The topological polar surface area (TPSA) is 93.7 Å². The highest BCUT2D eigenvalue weighted by atomic mass is 16.5. The molecule has 4 rings (SSSR count). The van der Waals surface area contributed by atoms with Gasteiger partial charge in [-0.1, -0.05) is 0 Å². The minimum atomic E-state index is -0.235. The van der Waals surface area contributed by atoms with Crippen molar-refractivity contribution in [3.63, 3.8) is 0 Å². The van der Waals surface area contributed by atoms with Crippen LogP contribution in [0.15, 0.2) is 0 Å². The zero-order valence-corrected chi connectivity index (χ0v) is 19.3. The van der Waals surface area contributed by atoms with Crippen LogP contribution in [0, 0.1) is 17.8 Å². The van der Waals surface area contributed by atoms with Gasteiger partial charge in [0.15, 0.2) is 0 Å². The van der Waals surface area contributed by atoms with E-state index in [0.717, 1.165) is 56.3 Å². The molecular weight excluding hydrogens is 396 g/mol. The van der Waals surface area contributed by atoms with Crippen molar-refractivity contribution in [3.05, 3.63) is 0 Å². The van der Waals surface area contributed by atoms with Crippen molar-refractivity contribution >= 4 is 18.0 Å². The summed E-state index contributed by atoms with van der Waals surface area (Å²) < 4.78 is 10.3. The van der Waals surface area contributed by atoms with Crippen molar-refractivity contribution in [2.75, 3.05) is 13.2 Å². The Bertz CT molecular complexity index is 600. The van der Waals surface area contributed by atoms with Gasteiger partial charge >= 0.3 is 18.0 Å². The maximum Gasteiger partial charge on any atom is 0.315 e. The Morgan fingerprint density at radius 2 is 1.55 bits per heavy atom. The fourth-order valence-electron chi connectivity index (χ4n) is 6.26. The highest BCUT2D eigenvalue weighted by Gasteiger charge is 2.51. The fraction of sp³-hybridized carbons (Fsp3) is 0.875. The van der Waals surface area contributed by atoms with Gasteiger partial charge in [0.05, 0.1) is 12.7 Å². The first-order valence-corrected chi connectivity index (χ1v) is 12.3. The van der Waals surface area contributed by atoms with Crippen molar-refractivity contribution in [1.29, 1.82) is 0 Å². The van der Waals surface area contributed by atoms with Crippen molar-refractivity contribution < 1.29 is 23.9 Å². The van der Waals surface area contributed by atoms with Crippen LogP contribution >= 0.6 is 0 Å². The second-order valence-electron chi connectivity index (χ2n) is 10.0. The predicted octanol–water partition coefficient (Wildman–Crippen LogP) is 4.09. The van der Waals surface area contributed by atoms with E-state index in [1.165, 1.54) is 19.3 Å². The standard InChI is InChI=1S/C24H40N2O5/c1-3-30-21(27)8-5-4-7-17(2)31-22(28)9-6-10-25-23(29)26-24-14-18-11-19(15-24)13-20(12-18)16-24/h17-20H,3-16H2,1-2H3,(H2,25,26,29). The maximum atomic E-state index is 12.4. The molecule has 7 nitrogen and oxygen atoms in total. The number of hydrogen-bond acceptors (Lipinski definition) is 5. The second kappa shape index (κ2) is 11.2. The molecule has 4 bridgehead atoms. The van der Waals surface area contributed by atoms with Gasteiger partial charge in [0.25, 0.3) is 0 Å². The molecule has 176 valence electrons. The largest absolute Gasteiger partial charge is 0.466 e. The maximum absolute atomic E-state index is 12.4. The SMILES string of the molecule is CCOC(=O)CCCCC(C)OC(=O)CCCNC(=O)NC12CC3CC(CC(C3)C1)C2. The van der Waals surface area contributed by atoms with Crippen LogP contribution in [0.1, 0.15) is 90.9 Å². The highest BCUT2D eigenvalue weighted by Crippen LogP contribution is 2.55. The molecule has 4 saturated carbocycles. The Labute approximate surface area is 186 Å². The van der Waals surface area contributed by atoms with Gasteiger partial charge in [-0.25, -0.2) is 4.79 Å². The van der Waals surface area contributed by atoms with E-state index >= 15 is 0 Å². The van der Waals surface area contributed by atoms with E-state index in [0.29, 0.717) is 32.4 Å². The first kappa shape index (κ1) is 23.9. The molecule has 31 heavy (non-hydrogen) atoms. The molecule has 1 atom stereocenters. The monoisotopic (exact) mass is 436 g/mol. The third-order valence-corrected chi connectivity index (χ3v) is 7.14. The summed E-state index contributed by atoms with van der Waals surface area (Å²) in [5.41, 5.74) is 0.0144. The molecule has 0 aromatic rings. The average Bonchev–Trinajstić information content (AvgIpc) is 2.67. The summed E-state index contributed by atoms with van der Waals surface area (Å²) in [5.74, 6) is 1.99. The first-order valence-electron chi connectivity index (χ1n) is 12.3. The number of hydrogen-bond donors (Lipinski definition) is 2. The zero-order valence-electron chi connectivity index (χ0n) is 19.3. The zero-order chi connectivity index (χ0) is 22.3. The van der Waals surface area contributed by atoms with E-state index in [-0.39, 0.29) is 29.6 Å². The van der Waals surface area contributed by atoms with Crippen molar-refractivity contribution in [3.8, 4) is 0 Å². The van der Waals surface area contributed by atoms with Gasteiger partial charge in [-0.05, 0) is 95.8 Å². The van der Waals surface area contributed by atoms with E-state index in [4.69, 9.17) is 9.47 Å². The fourth-order valence-corrected chi connectivity index (χ4v) is 6.26. The van der Waals surface area contributed by atoms with E-state index < -0.39 is 0 Å². The molecule has 0 radical (unpaired) electrons. The van der Waals surface area contributed by atoms with E-state index in [9.17, 15) is 14.4 Å². The smallest absolute Gasteiger partial charge is 0.315 e. The quantitative estimate of drug-likeness (QED) is 0.355. The Morgan fingerprint density at radius 3 is 2.16 bits per heavy atom. The predicted molar refractivity (Wildman–Crippen MR) is 117 cm³/mol. The van der Waals surface area contributed by atoms with Crippen LogP contribution in [0.3, 0.4) is 0 Å². The molecule has 0 aliphatic heterocycles. The lowest BCUT2D eigenvalue weighted by Gasteiger charge is -2.56. The highest BCUT2D eigenvalue weighted by molar-refractivity contribution is 5.75. The van der Waals surface area contributed by atoms with Crippen molar-refractivity contribution in [2.24, 2.45) is 17.8 Å². The number of rotatable bonds is 12. The van der Waals surface area contributed by atoms with E-state index in [1.54, 1.807) is 6.92 Å². The van der Waals surface area contributed by atoms with Crippen molar-refractivity contribution in [2.45, 2.75) is 103 Å². The number of ether oxygens (including phenoxy) is 2. The molecule has 7 heteroatoms. The number of urea groups is 1. The number of esters is 2. The average molecular weight is 437 g/mol. The summed E-state index contributed by atoms with van der Waals surface area (Å²) in [6.07, 6.45) is 10.9. The Balaban J connectivity index is 1.22. The molecule has 2 amide bonds. The van der Waals surface area contributed by atoms with E-state index in [2.05, 4.69) is 10.6 Å². The van der Waals surface area contributed by atoms with Gasteiger partial charge in [-0.3, -0.25) is 9.59 Å². The summed E-state index contributed by atoms with van der Waals surface area (Å²) in [4.78, 5) is 35.7. The van der Waals surface area contributed by atoms with Gasteiger partial charge < -0.3 is 20.1 Å². The summed E-state index contributed by atoms with van der Waals surface area (Å²) >= 11 is 0. The molecule has 0 heterocycles. The number of unbranched alkanes of at least 4 members (excludes halogenated alkanes) is 1. The molecule has 0 aromatic carbocycles. The van der Waals surface area contributed by atoms with Crippen LogP contribution in [-0.4, -0.2) is 42.8 Å². The van der Waals surface area contributed by atoms with E-state index in [1.807, 2.05) is 6.92 Å². The Hall–Kier alpha value is -1.79. The van der Waals surface area contributed by atoms with Crippen LogP contribution in [0.5, 0.6) is 0 Å². The van der Waals surface area contributed by atoms with Gasteiger partial charge in [0.2, 0.25) is 0 Å². The van der Waals surface area contributed by atoms with Crippen LogP contribution in [0.4, 0.5) is 4.79 Å². The van der Waals surface area contributed by atoms with Gasteiger partial charge in [-0.2, -0.15) is 0 Å². The van der Waals surface area contributed by atoms with Gasteiger partial charge in [0.1, 0.15) is 0 Å². The van der Waals surface area contributed by atoms with Gasteiger partial charge in [0, 0.05) is 24.9 Å². The van der Waals surface area contributed by atoms with Crippen LogP contribution in [-0.2, 0) is 19.1 Å². The molecule has 2 N–H and O–H groups in total. The summed E-state index contributed by atoms with van der Waals surface area (Å²) in [7, 11) is 0. The summed E-state index contributed by atoms with van der Waals surface area (Å²) in [6, 6.07) is -0.0923. The molecular formula is C24H40N2O5. The lowest BCUT2D eigenvalue weighted by molar-refractivity contribution is -0.149. The molecule has 1 unspecified atom stereocenters. The molecule has 0 aromatic heterocycles. The minimum Gasteiger partial charge on any atom is -0.466 e. The van der Waals surface area contributed by atoms with Gasteiger partial charge in [-0.15, -0.1) is 0 Å². The number of carbonyl (C=O) groups excluding carboxylic acids is 3. The van der Waals surface area contributed by atoms with Crippen molar-refractivity contribution in [1.82, 2.24) is 10.6 Å². The second-order valence-corrected chi connectivity index (χ2v) is 10.0. The molecule has 0 spiro atoms. The normalized spacial score (nSPS) is 29.3. The van der Waals surface area contributed by atoms with Crippen LogP contribution in [0.2, 0.25) is 0 Å². The minimum absolute atomic E-state index is 0.0144. The summed E-state index contributed by atoms with van der Waals surface area (Å²) in [6.45, 7) is 4.55. The Morgan fingerprint density at radius 1 is 0.935 bits per heavy atom. The van der Waals surface area contributed by atoms with Crippen LogP contribution in [0.25, 0.3) is 0 Å². The number of amides is 2. The van der Waals surface area contributed by atoms with Crippen LogP contribution < -0.4 is 10.6 Å². The first-order chi connectivity index (χ1) is 14.9. The number of carbonyl (C=O) groups is 3. The lowest BCUT2D eigenvalue weighted by atomic mass is 9.53. The lowest BCUT2D eigenvalue weighted by Crippen LogP contribution is -2.61. The summed E-state index contributed by atoms with van der Waals surface area (Å²) in [5, 5.41) is 6.22. The third kappa shape index (κ3) is 7.39. The number of nitrogens with one attached hydrogen (secondary N) is 2. The molecule has 4 aliphatic carbocycles. The molecule has 4 aliphatic rings.